The molecule has 0 atom stereocenters. The van der Waals surface area contributed by atoms with Crippen molar-refractivity contribution in [2.45, 2.75) is 44.4 Å². The van der Waals surface area contributed by atoms with Crippen LogP contribution < -0.4 is 0 Å². The Labute approximate surface area is 152 Å². The molecule has 0 N–H and O–H groups in total. The maximum atomic E-state index is 13.9. The third-order valence-corrected chi connectivity index (χ3v) is 4.45. The van der Waals surface area contributed by atoms with Gasteiger partial charge in [-0.25, -0.2) is 8.78 Å². The number of nitriles is 1. The summed E-state index contributed by atoms with van der Waals surface area (Å²) in [5.74, 6) is 4.65. The summed E-state index contributed by atoms with van der Waals surface area (Å²) in [5, 5.41) is 10.3. The molecule has 0 aromatic heterocycles. The van der Waals surface area contributed by atoms with Crippen molar-refractivity contribution in [3.8, 4) is 17.2 Å². The molecule has 25 heavy (non-hydrogen) atoms. The summed E-state index contributed by atoms with van der Waals surface area (Å²) < 4.78 is 27.8. The molecule has 0 fully saturated rings. The minimum atomic E-state index is -0.766. The molecule has 0 amide bonds. The van der Waals surface area contributed by atoms with Crippen molar-refractivity contribution in [2.75, 3.05) is 0 Å². The Kier molecular flexibility index (Phi) is 6.62. The summed E-state index contributed by atoms with van der Waals surface area (Å²) in [6.45, 7) is 6.34. The first-order valence-corrected chi connectivity index (χ1v) is 8.97. The first-order chi connectivity index (χ1) is 12.0. The summed E-state index contributed by atoms with van der Waals surface area (Å²) in [7, 11) is 0. The highest BCUT2D eigenvalue weighted by Crippen LogP contribution is 2.26. The molecule has 0 saturated carbocycles. The van der Waals surface area contributed by atoms with Crippen LogP contribution in [0.4, 0.5) is 8.78 Å². The van der Waals surface area contributed by atoms with Gasteiger partial charge in [0.05, 0.1) is 4.90 Å². The molecule has 0 aliphatic heterocycles. The van der Waals surface area contributed by atoms with E-state index in [1.807, 2.05) is 12.1 Å². The predicted octanol–water partition coefficient (Wildman–Crippen LogP) is 6.01. The van der Waals surface area contributed by atoms with Gasteiger partial charge in [-0.15, -0.1) is 0 Å². The van der Waals surface area contributed by atoms with Crippen LogP contribution in [0.15, 0.2) is 35.2 Å². The fourth-order valence-electron chi connectivity index (χ4n) is 2.56. The molecular weight excluding hydrogens is 336 g/mol. The van der Waals surface area contributed by atoms with Crippen LogP contribution in [0.5, 0.6) is 0 Å². The number of benzene rings is 2. The molecule has 0 heterocycles. The summed E-state index contributed by atoms with van der Waals surface area (Å²) in [6.07, 6.45) is 2.09. The van der Waals surface area contributed by atoms with E-state index in [9.17, 15) is 8.78 Å². The van der Waals surface area contributed by atoms with Crippen LogP contribution in [0.25, 0.3) is 0 Å². The second kappa shape index (κ2) is 8.70. The number of nitrogens with zero attached hydrogens (tertiary/aromatic N) is 1. The first kappa shape index (κ1) is 19.0. The van der Waals surface area contributed by atoms with Crippen molar-refractivity contribution < 1.29 is 8.78 Å². The van der Waals surface area contributed by atoms with Gasteiger partial charge in [-0.1, -0.05) is 51.2 Å². The van der Waals surface area contributed by atoms with Crippen molar-refractivity contribution in [3.05, 3.63) is 64.2 Å². The first-order valence-electron chi connectivity index (χ1n) is 8.16. The summed E-state index contributed by atoms with van der Waals surface area (Å²) in [4.78, 5) is -0.292. The van der Waals surface area contributed by atoms with Crippen LogP contribution in [-0.2, 0) is 6.42 Å². The van der Waals surface area contributed by atoms with Gasteiger partial charge in [0.15, 0.2) is 0 Å². The number of hydrogen-bond acceptors (Lipinski definition) is 2. The largest absolute Gasteiger partial charge is 0.206 e. The van der Waals surface area contributed by atoms with Gasteiger partial charge in [0.2, 0.25) is 0 Å². The van der Waals surface area contributed by atoms with E-state index in [4.69, 9.17) is 5.26 Å². The Balaban J connectivity index is 2.40. The Bertz CT molecular complexity index is 847. The lowest BCUT2D eigenvalue weighted by molar-refractivity contribution is 0.540. The minimum Gasteiger partial charge on any atom is -0.206 e. The lowest BCUT2D eigenvalue weighted by atomic mass is 9.94. The minimum absolute atomic E-state index is 0.254. The number of thiocyanates is 1. The maximum Gasteiger partial charge on any atom is 0.142 e. The molecule has 128 valence electrons. The highest BCUT2D eigenvalue weighted by atomic mass is 32.2. The van der Waals surface area contributed by atoms with E-state index in [1.165, 1.54) is 5.56 Å². The standard InChI is InChI=1S/C21H19F2NS/c1-4-5-15-6-8-17(18(10-15)14(2)3)9-7-16-11-19(22)21(25-13-24)20(23)12-16/h6,8,10-12,14H,4-5H2,1-3H3. The molecule has 0 spiro atoms. The van der Waals surface area contributed by atoms with Crippen LogP contribution in [-0.4, -0.2) is 0 Å². The van der Waals surface area contributed by atoms with Crippen LogP contribution >= 0.6 is 11.8 Å². The average Bonchev–Trinajstić information content (AvgIpc) is 2.57. The van der Waals surface area contributed by atoms with E-state index in [0.29, 0.717) is 17.7 Å². The van der Waals surface area contributed by atoms with Crippen molar-refractivity contribution >= 4 is 11.8 Å². The molecule has 0 aliphatic rings. The number of halogens is 2. The smallest absolute Gasteiger partial charge is 0.142 e. The molecule has 1 nitrogen and oxygen atoms in total. The Morgan fingerprint density at radius 1 is 1.08 bits per heavy atom. The van der Waals surface area contributed by atoms with Gasteiger partial charge in [0.25, 0.3) is 0 Å². The highest BCUT2D eigenvalue weighted by molar-refractivity contribution is 8.03. The molecule has 0 aliphatic carbocycles. The maximum absolute atomic E-state index is 13.9. The zero-order chi connectivity index (χ0) is 18.4. The normalized spacial score (nSPS) is 10.3. The fraction of sp³-hybridized carbons (Fsp3) is 0.286. The van der Waals surface area contributed by atoms with Crippen molar-refractivity contribution in [1.29, 1.82) is 5.26 Å². The van der Waals surface area contributed by atoms with Crippen LogP contribution in [0.3, 0.4) is 0 Å². The van der Waals surface area contributed by atoms with E-state index in [1.54, 1.807) is 5.40 Å². The molecule has 2 rings (SSSR count). The van der Waals surface area contributed by atoms with Crippen LogP contribution in [0.1, 0.15) is 55.4 Å². The monoisotopic (exact) mass is 355 g/mol. The highest BCUT2D eigenvalue weighted by Gasteiger charge is 2.11. The van der Waals surface area contributed by atoms with E-state index in [-0.39, 0.29) is 10.5 Å². The van der Waals surface area contributed by atoms with Gasteiger partial charge in [-0.05, 0) is 53.4 Å². The fourth-order valence-corrected chi connectivity index (χ4v) is 2.97. The molecule has 0 saturated heterocycles. The third kappa shape index (κ3) is 4.84. The second-order valence-electron chi connectivity index (χ2n) is 6.04. The van der Waals surface area contributed by atoms with Crippen LogP contribution in [0.2, 0.25) is 0 Å². The van der Waals surface area contributed by atoms with Gasteiger partial charge in [-0.2, -0.15) is 5.26 Å². The Morgan fingerprint density at radius 2 is 1.76 bits per heavy atom. The molecule has 0 radical (unpaired) electrons. The van der Waals surface area contributed by atoms with Gasteiger partial charge in [0, 0.05) is 11.1 Å². The topological polar surface area (TPSA) is 23.8 Å². The molecule has 4 heteroatoms. The lowest BCUT2D eigenvalue weighted by Gasteiger charge is -2.11. The predicted molar refractivity (Wildman–Crippen MR) is 98.3 cm³/mol. The van der Waals surface area contributed by atoms with Crippen molar-refractivity contribution in [3.63, 3.8) is 0 Å². The summed E-state index contributed by atoms with van der Waals surface area (Å²) >= 11 is 0.472. The summed E-state index contributed by atoms with van der Waals surface area (Å²) in [5.41, 5.74) is 3.53. The van der Waals surface area contributed by atoms with Crippen molar-refractivity contribution in [1.82, 2.24) is 0 Å². The molecule has 2 aromatic carbocycles. The molecule has 2 aromatic rings. The zero-order valence-electron chi connectivity index (χ0n) is 14.5. The molecular formula is C21H19F2NS. The van der Waals surface area contributed by atoms with Crippen molar-refractivity contribution in [2.24, 2.45) is 0 Å². The SMILES string of the molecule is CCCc1ccc(C#Cc2cc(F)c(SC#N)c(F)c2)c(C(C)C)c1. The number of hydrogen-bond donors (Lipinski definition) is 0. The average molecular weight is 355 g/mol. The zero-order valence-corrected chi connectivity index (χ0v) is 15.3. The molecule has 0 bridgehead atoms. The number of thioether (sulfide) groups is 1. The third-order valence-electron chi connectivity index (χ3n) is 3.76. The van der Waals surface area contributed by atoms with Gasteiger partial charge in [-0.3, -0.25) is 0 Å². The molecule has 0 unspecified atom stereocenters. The Hall–Kier alpha value is -2.30. The second-order valence-corrected chi connectivity index (χ2v) is 6.83. The van der Waals surface area contributed by atoms with E-state index in [0.717, 1.165) is 36.1 Å². The van der Waals surface area contributed by atoms with Gasteiger partial charge < -0.3 is 0 Å². The van der Waals surface area contributed by atoms with E-state index >= 15 is 0 Å². The number of rotatable bonds is 4. The number of aryl methyl sites for hydroxylation is 1. The quantitative estimate of drug-likeness (QED) is 0.381. The Morgan fingerprint density at radius 3 is 2.32 bits per heavy atom. The van der Waals surface area contributed by atoms with Gasteiger partial charge in [0.1, 0.15) is 17.0 Å². The van der Waals surface area contributed by atoms with E-state index < -0.39 is 11.6 Å². The summed E-state index contributed by atoms with van der Waals surface area (Å²) in [6, 6.07) is 8.51. The van der Waals surface area contributed by atoms with Gasteiger partial charge >= 0.3 is 0 Å². The van der Waals surface area contributed by atoms with E-state index in [2.05, 4.69) is 38.7 Å². The lowest BCUT2D eigenvalue weighted by Crippen LogP contribution is -1.96. The van der Waals surface area contributed by atoms with Crippen LogP contribution in [0, 0.1) is 34.1 Å².